The third-order valence-corrected chi connectivity index (χ3v) is 10.5. The van der Waals surface area contributed by atoms with E-state index in [2.05, 4.69) is 56.4 Å². The zero-order valence-corrected chi connectivity index (χ0v) is 38.2. The lowest BCUT2D eigenvalue weighted by molar-refractivity contribution is -0.889. The maximum Gasteiger partial charge on any atom is 0.306 e. The Labute approximate surface area is 356 Å². The molecule has 0 saturated heterocycles. The maximum absolute atomic E-state index is 12.7. The Morgan fingerprint density at radius 3 is 1.48 bits per heavy atom. The van der Waals surface area contributed by atoms with E-state index in [9.17, 15) is 19.5 Å². The van der Waals surface area contributed by atoms with Crippen molar-refractivity contribution in [1.29, 1.82) is 0 Å². The fraction of sp³-hybridized carbons (Fsp3) is 0.780. The van der Waals surface area contributed by atoms with Gasteiger partial charge in [0.05, 0.1) is 40.3 Å². The van der Waals surface area contributed by atoms with Crippen LogP contribution in [0.15, 0.2) is 48.6 Å². The second kappa shape index (κ2) is 41.0. The Hall–Kier alpha value is -2.71. The number of hydrogen-bond acceptors (Lipinski definition) is 7. The number of hydrogen-bond donors (Lipinski definition) is 0. The number of carbonyl (C=O) groups is 3. The third-order valence-electron chi connectivity index (χ3n) is 10.5. The standard InChI is InChI=1S/C50H89NO7/c1-6-8-10-12-14-16-18-20-21-22-23-24-25-26-27-29-30-32-34-36-38-40-48(52)57-45-46(44-56-43-42-47(50(54)55)51(3,4)5)58-49(53)41-39-37-35-33-31-28-19-17-15-13-11-9-7-2/h8,10,14,16,28,31,35,37,46-47H,6-7,9,11-13,15,17-27,29-30,32-34,36,38-45H2,1-5H3/b10-8+,16-14+,31-28+,37-35+. The summed E-state index contributed by atoms with van der Waals surface area (Å²) >= 11 is 0. The molecule has 0 aliphatic heterocycles. The van der Waals surface area contributed by atoms with Gasteiger partial charge in [-0.1, -0.05) is 172 Å². The Balaban J connectivity index is 4.27. The van der Waals surface area contributed by atoms with Crippen molar-refractivity contribution in [3.63, 3.8) is 0 Å². The Morgan fingerprint density at radius 1 is 0.534 bits per heavy atom. The normalized spacial score (nSPS) is 13.3. The van der Waals surface area contributed by atoms with E-state index < -0.39 is 18.1 Å². The van der Waals surface area contributed by atoms with Crippen LogP contribution in [0.5, 0.6) is 0 Å². The molecule has 0 amide bonds. The Kier molecular flexibility index (Phi) is 39.1. The minimum absolute atomic E-state index is 0.0188. The van der Waals surface area contributed by atoms with Gasteiger partial charge in [-0.15, -0.1) is 0 Å². The topological polar surface area (TPSA) is 102 Å². The first-order valence-corrected chi connectivity index (χ1v) is 23.7. The van der Waals surface area contributed by atoms with Gasteiger partial charge in [0.15, 0.2) is 6.10 Å². The minimum atomic E-state index is -1.13. The van der Waals surface area contributed by atoms with Crippen LogP contribution >= 0.6 is 0 Å². The van der Waals surface area contributed by atoms with Crippen molar-refractivity contribution in [2.45, 2.75) is 212 Å². The molecule has 0 aromatic carbocycles. The summed E-state index contributed by atoms with van der Waals surface area (Å²) in [6.07, 6.45) is 48.7. The molecule has 2 unspecified atom stereocenters. The lowest BCUT2D eigenvalue weighted by Gasteiger charge is -2.34. The molecule has 0 aromatic heterocycles. The summed E-state index contributed by atoms with van der Waals surface area (Å²) < 4.78 is 17.1. The molecule has 8 heteroatoms. The first kappa shape index (κ1) is 55.3. The molecule has 0 N–H and O–H groups in total. The molecule has 336 valence electrons. The predicted octanol–water partition coefficient (Wildman–Crippen LogP) is 11.9. The van der Waals surface area contributed by atoms with E-state index in [0.29, 0.717) is 12.8 Å². The zero-order valence-electron chi connectivity index (χ0n) is 38.2. The van der Waals surface area contributed by atoms with Gasteiger partial charge in [-0.3, -0.25) is 9.59 Å². The molecule has 58 heavy (non-hydrogen) atoms. The molecule has 0 spiro atoms. The van der Waals surface area contributed by atoms with Crippen LogP contribution in [0.2, 0.25) is 0 Å². The Morgan fingerprint density at radius 2 is 1.00 bits per heavy atom. The van der Waals surface area contributed by atoms with Crippen LogP contribution in [-0.2, 0) is 28.6 Å². The van der Waals surface area contributed by atoms with Gasteiger partial charge in [-0.2, -0.15) is 0 Å². The second-order valence-electron chi connectivity index (χ2n) is 17.0. The van der Waals surface area contributed by atoms with Crippen molar-refractivity contribution >= 4 is 17.9 Å². The Bertz CT molecular complexity index is 1090. The van der Waals surface area contributed by atoms with Crippen molar-refractivity contribution in [1.82, 2.24) is 0 Å². The van der Waals surface area contributed by atoms with Gasteiger partial charge >= 0.3 is 11.9 Å². The highest BCUT2D eigenvalue weighted by molar-refractivity contribution is 5.70. The van der Waals surface area contributed by atoms with E-state index in [4.69, 9.17) is 14.2 Å². The fourth-order valence-corrected chi connectivity index (χ4v) is 6.81. The highest BCUT2D eigenvalue weighted by atomic mass is 16.6. The van der Waals surface area contributed by atoms with Crippen LogP contribution in [0.25, 0.3) is 0 Å². The number of esters is 2. The SMILES string of the molecule is CC/C=C/C/C=C/CCCCCCCCCCCCCCCCC(=O)OCC(COCCC(C(=O)[O-])[N+](C)(C)C)OC(=O)CC/C=C/C/C=C/CCCCCCCC. The van der Waals surface area contributed by atoms with Gasteiger partial charge in [0.1, 0.15) is 12.6 Å². The van der Waals surface area contributed by atoms with E-state index in [1.54, 1.807) is 21.1 Å². The zero-order chi connectivity index (χ0) is 42.8. The molecule has 8 nitrogen and oxygen atoms in total. The van der Waals surface area contributed by atoms with Crippen molar-refractivity contribution in [3.05, 3.63) is 48.6 Å². The highest BCUT2D eigenvalue weighted by Gasteiger charge is 2.25. The summed E-state index contributed by atoms with van der Waals surface area (Å²) in [5.41, 5.74) is 0. The first-order valence-electron chi connectivity index (χ1n) is 23.7. The molecule has 0 heterocycles. The average Bonchev–Trinajstić information content (AvgIpc) is 3.18. The van der Waals surface area contributed by atoms with Gasteiger partial charge < -0.3 is 28.6 Å². The van der Waals surface area contributed by atoms with Gasteiger partial charge in [0.2, 0.25) is 0 Å². The number of nitrogens with zero attached hydrogens (tertiary/aromatic N) is 1. The average molecular weight is 816 g/mol. The molecule has 0 aromatic rings. The summed E-state index contributed by atoms with van der Waals surface area (Å²) in [7, 11) is 5.39. The number of quaternary nitrogens is 1. The molecule has 2 atom stereocenters. The smallest absolute Gasteiger partial charge is 0.306 e. The maximum atomic E-state index is 12.7. The monoisotopic (exact) mass is 816 g/mol. The third kappa shape index (κ3) is 38.8. The molecule has 0 radical (unpaired) electrons. The number of aliphatic carboxylic acids is 1. The van der Waals surface area contributed by atoms with Crippen LogP contribution in [0.3, 0.4) is 0 Å². The first-order chi connectivity index (χ1) is 28.1. The largest absolute Gasteiger partial charge is 0.544 e. The summed E-state index contributed by atoms with van der Waals surface area (Å²) in [4.78, 5) is 36.9. The molecule has 0 aliphatic carbocycles. The second-order valence-corrected chi connectivity index (χ2v) is 17.0. The number of carbonyl (C=O) groups excluding carboxylic acids is 3. The van der Waals surface area contributed by atoms with Crippen molar-refractivity contribution < 1.29 is 38.2 Å². The van der Waals surface area contributed by atoms with Gasteiger partial charge in [0.25, 0.3) is 0 Å². The number of carboxylic acid groups (broad SMARTS) is 1. The number of ether oxygens (including phenoxy) is 3. The lowest BCUT2D eigenvalue weighted by Crippen LogP contribution is -2.55. The van der Waals surface area contributed by atoms with Crippen LogP contribution < -0.4 is 5.11 Å². The molecule has 0 saturated carbocycles. The number of rotatable bonds is 42. The van der Waals surface area contributed by atoms with E-state index >= 15 is 0 Å². The van der Waals surface area contributed by atoms with Crippen molar-refractivity contribution in [2.24, 2.45) is 0 Å². The van der Waals surface area contributed by atoms with Crippen LogP contribution in [0.1, 0.15) is 200 Å². The molecule has 0 fully saturated rings. The minimum Gasteiger partial charge on any atom is -0.544 e. The molecule has 0 rings (SSSR count). The van der Waals surface area contributed by atoms with Crippen molar-refractivity contribution in [2.75, 3.05) is 41.0 Å². The number of unbranched alkanes of at least 4 members (excludes halogenated alkanes) is 20. The van der Waals surface area contributed by atoms with E-state index in [1.165, 1.54) is 116 Å². The van der Waals surface area contributed by atoms with E-state index in [0.717, 1.165) is 44.9 Å². The van der Waals surface area contributed by atoms with Gasteiger partial charge in [0, 0.05) is 19.3 Å². The van der Waals surface area contributed by atoms with Gasteiger partial charge in [-0.05, 0) is 57.8 Å². The summed E-state index contributed by atoms with van der Waals surface area (Å²) in [6, 6.07) is -0.734. The van der Waals surface area contributed by atoms with Crippen LogP contribution in [-0.4, -0.2) is 75.5 Å². The highest BCUT2D eigenvalue weighted by Crippen LogP contribution is 2.15. The summed E-state index contributed by atoms with van der Waals surface area (Å²) in [6.45, 7) is 4.50. The number of allylic oxidation sites excluding steroid dienone is 8. The molecular formula is C50H89NO7. The lowest BCUT2D eigenvalue weighted by atomic mass is 10.0. The van der Waals surface area contributed by atoms with E-state index in [1.807, 2.05) is 6.08 Å². The quantitative estimate of drug-likeness (QED) is 0.0262. The van der Waals surface area contributed by atoms with Crippen LogP contribution in [0, 0.1) is 0 Å². The predicted molar refractivity (Wildman–Crippen MR) is 240 cm³/mol. The molecule has 0 aliphatic rings. The number of likely N-dealkylation sites (N-methyl/N-ethyl adjacent to an activating group) is 1. The fourth-order valence-electron chi connectivity index (χ4n) is 6.81. The summed E-state index contributed by atoms with van der Waals surface area (Å²) in [5, 5.41) is 11.6. The van der Waals surface area contributed by atoms with Crippen LogP contribution in [0.4, 0.5) is 0 Å². The molecular weight excluding hydrogens is 727 g/mol. The molecule has 0 bridgehead atoms. The van der Waals surface area contributed by atoms with Crippen molar-refractivity contribution in [3.8, 4) is 0 Å². The van der Waals surface area contributed by atoms with Gasteiger partial charge in [-0.25, -0.2) is 0 Å². The number of carboxylic acids is 1. The summed E-state index contributed by atoms with van der Waals surface area (Å²) in [5.74, 6) is -1.82. The van der Waals surface area contributed by atoms with E-state index in [-0.39, 0.29) is 49.1 Å².